The number of aliphatic hydroxyl groups excluding tert-OH is 4. The fraction of sp³-hybridized carbons (Fsp3) is 0.904. The van der Waals surface area contributed by atoms with Gasteiger partial charge in [-0.2, -0.15) is 0 Å². The van der Waals surface area contributed by atoms with Crippen LogP contribution in [-0.4, -0.2) is 57.3 Å². The molecule has 0 aliphatic heterocycles. The van der Waals surface area contributed by atoms with Crippen molar-refractivity contribution in [1.82, 2.24) is 5.32 Å². The smallest absolute Gasteiger partial charge is 0.249 e. The van der Waals surface area contributed by atoms with E-state index in [1.807, 2.05) is 0 Å². The molecule has 0 spiro atoms. The van der Waals surface area contributed by atoms with Crippen molar-refractivity contribution in [1.29, 1.82) is 0 Å². The van der Waals surface area contributed by atoms with E-state index in [2.05, 4.69) is 43.5 Å². The summed E-state index contributed by atoms with van der Waals surface area (Å²) in [6, 6.07) is -0.997. The first-order chi connectivity index (χ1) is 28.5. The average Bonchev–Trinajstić information content (AvgIpc) is 3.23. The Morgan fingerprint density at radius 2 is 0.741 bits per heavy atom. The Bertz CT molecular complexity index is 878. The van der Waals surface area contributed by atoms with Crippen LogP contribution in [0.1, 0.15) is 271 Å². The summed E-state index contributed by atoms with van der Waals surface area (Å²) in [5, 5.41) is 43.2. The van der Waals surface area contributed by atoms with Crippen LogP contribution in [0.15, 0.2) is 24.3 Å². The fourth-order valence-corrected chi connectivity index (χ4v) is 8.06. The maximum atomic E-state index is 12.4. The predicted molar refractivity (Wildman–Crippen MR) is 251 cm³/mol. The van der Waals surface area contributed by atoms with E-state index < -0.39 is 36.9 Å². The lowest BCUT2D eigenvalue weighted by Crippen LogP contribution is -2.53. The molecule has 6 nitrogen and oxygen atoms in total. The molecule has 6 heteroatoms. The van der Waals surface area contributed by atoms with Crippen LogP contribution in [0.4, 0.5) is 0 Å². The zero-order chi connectivity index (χ0) is 42.4. The Labute approximate surface area is 361 Å². The molecule has 0 heterocycles. The lowest BCUT2D eigenvalue weighted by molar-refractivity contribution is -0.132. The van der Waals surface area contributed by atoms with Crippen LogP contribution in [-0.2, 0) is 4.79 Å². The van der Waals surface area contributed by atoms with Crippen molar-refractivity contribution in [3.63, 3.8) is 0 Å². The number of rotatable bonds is 47. The van der Waals surface area contributed by atoms with Crippen LogP contribution >= 0.6 is 0 Å². The summed E-state index contributed by atoms with van der Waals surface area (Å²) >= 11 is 0. The van der Waals surface area contributed by atoms with Gasteiger partial charge in [-0.25, -0.2) is 0 Å². The van der Waals surface area contributed by atoms with Crippen LogP contribution in [0.2, 0.25) is 0 Å². The fourth-order valence-electron chi connectivity index (χ4n) is 8.06. The van der Waals surface area contributed by atoms with Crippen LogP contribution in [0.5, 0.6) is 0 Å². The first kappa shape index (κ1) is 56.8. The van der Waals surface area contributed by atoms with Gasteiger partial charge < -0.3 is 25.7 Å². The standard InChI is InChI=1S/C52H101NO5/c1-3-5-7-9-11-12-13-14-15-16-17-18-19-20-21-22-23-24-25-26-27-28-29-30-31-32-33-34-35-36-37-38-39-40-42-44-46-50(56)52(58)53-48(47-54)51(57)49(55)45-43-41-10-8-6-4-2/h8,10,24-25,48-51,54-57H,3-7,9,11-23,26-47H2,1-2H3,(H,53,58)/b10-8+,25-24-. The van der Waals surface area contributed by atoms with Gasteiger partial charge in [0, 0.05) is 0 Å². The monoisotopic (exact) mass is 820 g/mol. The lowest BCUT2D eigenvalue weighted by Gasteiger charge is -2.27. The molecule has 4 atom stereocenters. The Morgan fingerprint density at radius 3 is 1.10 bits per heavy atom. The predicted octanol–water partition coefficient (Wildman–Crippen LogP) is 14.3. The van der Waals surface area contributed by atoms with Crippen LogP contribution in [0.3, 0.4) is 0 Å². The van der Waals surface area contributed by atoms with Crippen molar-refractivity contribution in [3.8, 4) is 0 Å². The second-order valence-electron chi connectivity index (χ2n) is 17.9. The molecule has 0 aliphatic rings. The van der Waals surface area contributed by atoms with Crippen molar-refractivity contribution < 1.29 is 25.2 Å². The van der Waals surface area contributed by atoms with Crippen LogP contribution in [0, 0.1) is 0 Å². The van der Waals surface area contributed by atoms with Gasteiger partial charge in [-0.3, -0.25) is 4.79 Å². The van der Waals surface area contributed by atoms with Crippen molar-refractivity contribution in [2.24, 2.45) is 0 Å². The summed E-state index contributed by atoms with van der Waals surface area (Å²) < 4.78 is 0. The molecular formula is C52H101NO5. The number of carbonyl (C=O) groups excluding carboxylic acids is 1. The third-order valence-electron chi connectivity index (χ3n) is 12.1. The third kappa shape index (κ3) is 40.2. The van der Waals surface area contributed by atoms with Gasteiger partial charge in [0.2, 0.25) is 5.91 Å². The van der Waals surface area contributed by atoms with Gasteiger partial charge in [-0.05, 0) is 57.8 Å². The summed E-state index contributed by atoms with van der Waals surface area (Å²) in [6.45, 7) is 3.93. The first-order valence-electron chi connectivity index (χ1n) is 25.7. The summed E-state index contributed by atoms with van der Waals surface area (Å²) in [6.07, 6.45) is 56.0. The number of aliphatic hydroxyl groups is 4. The molecule has 344 valence electrons. The van der Waals surface area contributed by atoms with Gasteiger partial charge >= 0.3 is 0 Å². The molecule has 0 bridgehead atoms. The van der Waals surface area contributed by atoms with E-state index in [0.29, 0.717) is 19.3 Å². The van der Waals surface area contributed by atoms with Crippen molar-refractivity contribution in [2.75, 3.05) is 6.61 Å². The molecule has 0 aliphatic carbocycles. The highest BCUT2D eigenvalue weighted by atomic mass is 16.3. The summed E-state index contributed by atoms with van der Waals surface area (Å²) in [4.78, 5) is 12.4. The molecule has 58 heavy (non-hydrogen) atoms. The number of hydrogen-bond donors (Lipinski definition) is 5. The van der Waals surface area contributed by atoms with E-state index in [9.17, 15) is 25.2 Å². The van der Waals surface area contributed by atoms with Gasteiger partial charge in [-0.15, -0.1) is 0 Å². The Kier molecular flexibility index (Phi) is 45.9. The molecule has 5 N–H and O–H groups in total. The number of allylic oxidation sites excluding steroid dienone is 4. The van der Waals surface area contributed by atoms with Crippen LogP contribution in [0.25, 0.3) is 0 Å². The molecule has 0 rings (SSSR count). The Morgan fingerprint density at radius 1 is 0.414 bits per heavy atom. The highest BCUT2D eigenvalue weighted by Gasteiger charge is 2.28. The quantitative estimate of drug-likeness (QED) is 0.0310. The van der Waals surface area contributed by atoms with E-state index in [1.165, 1.54) is 199 Å². The number of amides is 1. The molecule has 0 aromatic heterocycles. The average molecular weight is 820 g/mol. The maximum Gasteiger partial charge on any atom is 0.249 e. The zero-order valence-electron chi connectivity index (χ0n) is 38.8. The minimum atomic E-state index is -1.28. The van der Waals surface area contributed by atoms with E-state index in [4.69, 9.17) is 0 Å². The molecule has 0 aromatic carbocycles. The topological polar surface area (TPSA) is 110 Å². The first-order valence-corrected chi connectivity index (χ1v) is 25.7. The van der Waals surface area contributed by atoms with E-state index >= 15 is 0 Å². The van der Waals surface area contributed by atoms with Gasteiger partial charge in [0.05, 0.1) is 18.8 Å². The molecule has 1 amide bonds. The van der Waals surface area contributed by atoms with Gasteiger partial charge in [0.1, 0.15) is 12.2 Å². The molecule has 0 aromatic rings. The third-order valence-corrected chi connectivity index (χ3v) is 12.1. The van der Waals surface area contributed by atoms with Gasteiger partial charge in [0.15, 0.2) is 0 Å². The number of carbonyl (C=O) groups is 1. The number of hydrogen-bond acceptors (Lipinski definition) is 5. The Hall–Kier alpha value is -1.21. The number of nitrogens with one attached hydrogen (secondary N) is 1. The molecular weight excluding hydrogens is 719 g/mol. The molecule has 4 unspecified atom stereocenters. The zero-order valence-corrected chi connectivity index (χ0v) is 38.8. The second kappa shape index (κ2) is 46.8. The lowest BCUT2D eigenvalue weighted by atomic mass is 10.00. The minimum absolute atomic E-state index is 0.365. The Balaban J connectivity index is 3.44. The minimum Gasteiger partial charge on any atom is -0.394 e. The second-order valence-corrected chi connectivity index (χ2v) is 17.9. The summed E-state index contributed by atoms with van der Waals surface area (Å²) in [5.41, 5.74) is 0. The molecule has 0 fully saturated rings. The largest absolute Gasteiger partial charge is 0.394 e. The van der Waals surface area contributed by atoms with E-state index in [0.717, 1.165) is 38.5 Å². The van der Waals surface area contributed by atoms with Crippen LogP contribution < -0.4 is 5.32 Å². The van der Waals surface area contributed by atoms with E-state index in [-0.39, 0.29) is 0 Å². The highest BCUT2D eigenvalue weighted by molar-refractivity contribution is 5.80. The molecule has 0 saturated heterocycles. The molecule has 0 radical (unpaired) electrons. The van der Waals surface area contributed by atoms with Crippen molar-refractivity contribution in [3.05, 3.63) is 24.3 Å². The highest BCUT2D eigenvalue weighted by Crippen LogP contribution is 2.17. The number of unbranched alkanes of at least 4 members (excludes halogenated alkanes) is 34. The van der Waals surface area contributed by atoms with Crippen molar-refractivity contribution in [2.45, 2.75) is 295 Å². The summed E-state index contributed by atoms with van der Waals surface area (Å²) in [7, 11) is 0. The normalized spacial score (nSPS) is 14.1. The SMILES string of the molecule is CCC/C=C/CCCC(O)C(O)C(CO)NC(=O)C(O)CCCCCCCCCCCCCCCCCC/C=C\CCCCCCCCCCCCCCCCCC. The maximum absolute atomic E-state index is 12.4. The van der Waals surface area contributed by atoms with Crippen molar-refractivity contribution >= 4 is 5.91 Å². The molecule has 0 saturated carbocycles. The summed E-state index contributed by atoms with van der Waals surface area (Å²) in [5.74, 6) is -0.596. The van der Waals surface area contributed by atoms with Gasteiger partial charge in [-0.1, -0.05) is 237 Å². The van der Waals surface area contributed by atoms with E-state index in [1.54, 1.807) is 0 Å². The van der Waals surface area contributed by atoms with Gasteiger partial charge in [0.25, 0.3) is 0 Å².